The van der Waals surface area contributed by atoms with Crippen LogP contribution in [0, 0.1) is 0 Å². The van der Waals surface area contributed by atoms with Gasteiger partial charge in [-0.25, -0.2) is 9.67 Å². The Kier molecular flexibility index (Phi) is 6.96. The van der Waals surface area contributed by atoms with Gasteiger partial charge in [-0.1, -0.05) is 25.1 Å². The number of methoxy groups -OCH3 is 2. The third kappa shape index (κ3) is 4.66. The van der Waals surface area contributed by atoms with Crippen molar-refractivity contribution in [3.05, 3.63) is 82.3 Å². The number of benzene rings is 2. The summed E-state index contributed by atoms with van der Waals surface area (Å²) in [7, 11) is 3.18. The zero-order valence-electron chi connectivity index (χ0n) is 19.6. The van der Waals surface area contributed by atoms with E-state index in [0.29, 0.717) is 41.2 Å². The first-order valence-corrected chi connectivity index (χ1v) is 11.2. The lowest BCUT2D eigenvalue weighted by atomic mass is 10.1. The molecule has 8 heteroatoms. The number of aromatic nitrogens is 3. The normalized spacial score (nSPS) is 10.9. The average Bonchev–Trinajstić information content (AvgIpc) is 3.15. The summed E-state index contributed by atoms with van der Waals surface area (Å²) in [6, 6.07) is 16.9. The first-order chi connectivity index (χ1) is 16.5. The van der Waals surface area contributed by atoms with Crippen molar-refractivity contribution in [2.24, 2.45) is 0 Å². The molecule has 4 aromatic rings. The Bertz CT molecular complexity index is 1360. The van der Waals surface area contributed by atoms with E-state index in [9.17, 15) is 9.59 Å². The first-order valence-electron chi connectivity index (χ1n) is 11.2. The van der Waals surface area contributed by atoms with Crippen molar-refractivity contribution in [2.45, 2.75) is 26.3 Å². The molecule has 2 heterocycles. The quantitative estimate of drug-likeness (QED) is 0.415. The molecule has 0 saturated heterocycles. The number of pyridine rings is 1. The van der Waals surface area contributed by atoms with E-state index in [0.717, 1.165) is 12.0 Å². The van der Waals surface area contributed by atoms with E-state index < -0.39 is 0 Å². The lowest BCUT2D eigenvalue weighted by molar-refractivity contribution is -0.121. The molecule has 0 unspecified atom stereocenters. The molecule has 2 aromatic carbocycles. The fourth-order valence-electron chi connectivity index (χ4n) is 3.94. The SMILES string of the molecule is CCc1ccc(-n2c(=O)c3cccnc3n2CC(=O)NCCc2ccc(OC)c(OC)c2)cc1. The van der Waals surface area contributed by atoms with Crippen LogP contribution >= 0.6 is 0 Å². The molecule has 0 aliphatic carbocycles. The van der Waals surface area contributed by atoms with Crippen LogP contribution in [0.4, 0.5) is 0 Å². The molecule has 0 radical (unpaired) electrons. The van der Waals surface area contributed by atoms with E-state index in [1.165, 1.54) is 10.2 Å². The van der Waals surface area contributed by atoms with Crippen molar-refractivity contribution in [1.82, 2.24) is 19.7 Å². The summed E-state index contributed by atoms with van der Waals surface area (Å²) in [6.07, 6.45) is 3.15. The van der Waals surface area contributed by atoms with E-state index in [1.54, 1.807) is 37.2 Å². The van der Waals surface area contributed by atoms with Crippen LogP contribution in [0.2, 0.25) is 0 Å². The predicted molar refractivity (Wildman–Crippen MR) is 131 cm³/mol. The van der Waals surface area contributed by atoms with E-state index in [-0.39, 0.29) is 18.0 Å². The predicted octanol–water partition coefficient (Wildman–Crippen LogP) is 3.13. The van der Waals surface area contributed by atoms with Crippen molar-refractivity contribution >= 4 is 16.9 Å². The van der Waals surface area contributed by atoms with E-state index >= 15 is 0 Å². The Morgan fingerprint density at radius 2 is 1.74 bits per heavy atom. The lowest BCUT2D eigenvalue weighted by Crippen LogP contribution is -2.32. The molecule has 176 valence electrons. The zero-order valence-corrected chi connectivity index (χ0v) is 19.6. The van der Waals surface area contributed by atoms with Gasteiger partial charge in [-0.15, -0.1) is 0 Å². The molecule has 34 heavy (non-hydrogen) atoms. The molecule has 1 amide bonds. The highest BCUT2D eigenvalue weighted by Crippen LogP contribution is 2.27. The highest BCUT2D eigenvalue weighted by molar-refractivity contribution is 5.80. The molecule has 0 spiro atoms. The molecule has 8 nitrogen and oxygen atoms in total. The zero-order chi connectivity index (χ0) is 24.1. The molecule has 4 rings (SSSR count). The third-order valence-electron chi connectivity index (χ3n) is 5.76. The van der Waals surface area contributed by atoms with Crippen LogP contribution in [0.1, 0.15) is 18.1 Å². The number of aryl methyl sites for hydroxylation is 1. The average molecular weight is 461 g/mol. The summed E-state index contributed by atoms with van der Waals surface area (Å²) in [6.45, 7) is 2.49. The molecule has 2 aromatic heterocycles. The minimum Gasteiger partial charge on any atom is -0.493 e. The van der Waals surface area contributed by atoms with E-state index in [2.05, 4.69) is 17.2 Å². The molecular weight excluding hydrogens is 432 g/mol. The molecule has 0 aliphatic heterocycles. The highest BCUT2D eigenvalue weighted by Gasteiger charge is 2.18. The summed E-state index contributed by atoms with van der Waals surface area (Å²) in [5, 5.41) is 3.41. The number of ether oxygens (including phenoxy) is 2. The fourth-order valence-corrected chi connectivity index (χ4v) is 3.94. The monoisotopic (exact) mass is 460 g/mol. The second-order valence-electron chi connectivity index (χ2n) is 7.86. The summed E-state index contributed by atoms with van der Waals surface area (Å²) >= 11 is 0. The van der Waals surface area contributed by atoms with Crippen LogP contribution in [0.5, 0.6) is 11.5 Å². The van der Waals surface area contributed by atoms with Crippen LogP contribution < -0.4 is 20.3 Å². The van der Waals surface area contributed by atoms with Gasteiger partial charge in [-0.05, 0) is 60.4 Å². The van der Waals surface area contributed by atoms with Crippen LogP contribution in [-0.2, 0) is 24.2 Å². The fraction of sp³-hybridized carbons (Fsp3) is 0.269. The summed E-state index contributed by atoms with van der Waals surface area (Å²) in [5.41, 5.74) is 3.15. The Balaban J connectivity index is 1.53. The maximum absolute atomic E-state index is 13.1. The van der Waals surface area contributed by atoms with E-state index in [4.69, 9.17) is 9.47 Å². The number of carbonyl (C=O) groups excluding carboxylic acids is 1. The summed E-state index contributed by atoms with van der Waals surface area (Å²) in [4.78, 5) is 30.4. The minimum absolute atomic E-state index is 0.0305. The van der Waals surface area contributed by atoms with Gasteiger partial charge in [0.25, 0.3) is 5.56 Å². The number of rotatable bonds is 9. The van der Waals surface area contributed by atoms with Gasteiger partial charge < -0.3 is 14.8 Å². The Morgan fingerprint density at radius 3 is 2.44 bits per heavy atom. The van der Waals surface area contributed by atoms with Gasteiger partial charge in [0.15, 0.2) is 17.1 Å². The molecule has 0 atom stereocenters. The number of nitrogens with one attached hydrogen (secondary N) is 1. The maximum atomic E-state index is 13.1. The molecular formula is C26H28N4O4. The minimum atomic E-state index is -0.207. The standard InChI is InChI=1S/C26H28N4O4/c1-4-18-7-10-20(11-8-18)30-26(32)21-6-5-14-28-25(21)29(30)17-24(31)27-15-13-19-9-12-22(33-2)23(16-19)34-3/h5-12,14,16H,4,13,15,17H2,1-3H3,(H,27,31). The number of hydrogen-bond donors (Lipinski definition) is 1. The van der Waals surface area contributed by atoms with Gasteiger partial charge in [0.05, 0.1) is 25.3 Å². The van der Waals surface area contributed by atoms with Crippen LogP contribution in [0.15, 0.2) is 65.6 Å². The number of fused-ring (bicyclic) bond motifs is 1. The molecule has 1 N–H and O–H groups in total. The van der Waals surface area contributed by atoms with Crippen molar-refractivity contribution in [2.75, 3.05) is 20.8 Å². The number of hydrogen-bond acceptors (Lipinski definition) is 5. The first kappa shape index (κ1) is 23.1. The van der Waals surface area contributed by atoms with Crippen molar-refractivity contribution < 1.29 is 14.3 Å². The van der Waals surface area contributed by atoms with Crippen LogP contribution in [-0.4, -0.2) is 41.0 Å². The maximum Gasteiger partial charge on any atom is 0.280 e. The molecule has 0 fully saturated rings. The van der Waals surface area contributed by atoms with Gasteiger partial charge in [-0.3, -0.25) is 14.3 Å². The van der Waals surface area contributed by atoms with Gasteiger partial charge in [0.1, 0.15) is 6.54 Å². The number of nitrogens with zero attached hydrogens (tertiary/aromatic N) is 3. The molecule has 0 bridgehead atoms. The van der Waals surface area contributed by atoms with Gasteiger partial charge in [0, 0.05) is 12.7 Å². The smallest absolute Gasteiger partial charge is 0.280 e. The Morgan fingerprint density at radius 1 is 1.00 bits per heavy atom. The van der Waals surface area contributed by atoms with Crippen molar-refractivity contribution in [3.63, 3.8) is 0 Å². The highest BCUT2D eigenvalue weighted by atomic mass is 16.5. The summed E-state index contributed by atoms with van der Waals surface area (Å²) < 4.78 is 13.8. The van der Waals surface area contributed by atoms with E-state index in [1.807, 2.05) is 42.5 Å². The number of amides is 1. The van der Waals surface area contributed by atoms with Gasteiger partial charge in [-0.2, -0.15) is 0 Å². The molecule has 0 aliphatic rings. The van der Waals surface area contributed by atoms with Crippen LogP contribution in [0.25, 0.3) is 16.7 Å². The second-order valence-corrected chi connectivity index (χ2v) is 7.86. The summed E-state index contributed by atoms with van der Waals surface area (Å²) in [5.74, 6) is 1.10. The largest absolute Gasteiger partial charge is 0.493 e. The van der Waals surface area contributed by atoms with Gasteiger partial charge in [0.2, 0.25) is 5.91 Å². The van der Waals surface area contributed by atoms with Gasteiger partial charge >= 0.3 is 0 Å². The number of carbonyl (C=O) groups is 1. The third-order valence-corrected chi connectivity index (χ3v) is 5.76. The van der Waals surface area contributed by atoms with Crippen LogP contribution in [0.3, 0.4) is 0 Å². The topological polar surface area (TPSA) is 87.4 Å². The molecule has 0 saturated carbocycles. The van der Waals surface area contributed by atoms with Crippen molar-refractivity contribution in [1.29, 1.82) is 0 Å². The lowest BCUT2D eigenvalue weighted by Gasteiger charge is -2.13. The van der Waals surface area contributed by atoms with Crippen molar-refractivity contribution in [3.8, 4) is 17.2 Å². The Hall–Kier alpha value is -4.07. The second kappa shape index (κ2) is 10.2. The Labute approximate surface area is 197 Å².